The van der Waals surface area contributed by atoms with E-state index in [0.29, 0.717) is 24.5 Å². The quantitative estimate of drug-likeness (QED) is 0.895. The highest BCUT2D eigenvalue weighted by Gasteiger charge is 2.28. The number of amides is 1. The van der Waals surface area contributed by atoms with Gasteiger partial charge in [-0.15, -0.1) is 0 Å². The number of methoxy groups -OCH3 is 1. The van der Waals surface area contributed by atoms with Crippen molar-refractivity contribution < 1.29 is 9.53 Å². The first kappa shape index (κ1) is 13.7. The summed E-state index contributed by atoms with van der Waals surface area (Å²) in [4.78, 5) is 17.8. The fourth-order valence-corrected chi connectivity index (χ4v) is 3.03. The Kier molecular flexibility index (Phi) is 3.65. The number of aromatic nitrogens is 1. The van der Waals surface area contributed by atoms with Crippen LogP contribution in [0.3, 0.4) is 0 Å². The topological polar surface area (TPSA) is 78.2 Å². The first-order valence-electron chi connectivity index (χ1n) is 7.23. The summed E-state index contributed by atoms with van der Waals surface area (Å²) in [6.07, 6.45) is 3.63. The van der Waals surface area contributed by atoms with Crippen LogP contribution in [-0.4, -0.2) is 42.2 Å². The normalized spacial score (nSPS) is 20.0. The van der Waals surface area contributed by atoms with Gasteiger partial charge in [-0.3, -0.25) is 0 Å². The number of nitrogens with one attached hydrogen (secondary N) is 1. The van der Waals surface area contributed by atoms with E-state index < -0.39 is 0 Å². The van der Waals surface area contributed by atoms with Crippen LogP contribution in [0, 0.1) is 11.3 Å². The summed E-state index contributed by atoms with van der Waals surface area (Å²) in [5, 5.41) is 12.6. The predicted molar refractivity (Wildman–Crippen MR) is 77.0 cm³/mol. The molecule has 1 N–H and O–H groups in total. The van der Waals surface area contributed by atoms with Crippen LogP contribution in [0.2, 0.25) is 0 Å². The fraction of sp³-hybridized carbons (Fsp3) is 0.533. The summed E-state index contributed by atoms with van der Waals surface area (Å²) in [6, 6.07) is 4.28. The van der Waals surface area contributed by atoms with Gasteiger partial charge < -0.3 is 15.0 Å². The van der Waals surface area contributed by atoms with Gasteiger partial charge in [0, 0.05) is 24.8 Å². The van der Waals surface area contributed by atoms with Crippen molar-refractivity contribution >= 4 is 11.9 Å². The molecule has 1 aliphatic heterocycles. The van der Waals surface area contributed by atoms with Gasteiger partial charge in [0.25, 0.3) is 0 Å². The Hall–Kier alpha value is -2.29. The number of rotatable bonds is 2. The number of anilines is 1. The third-order valence-electron chi connectivity index (χ3n) is 4.13. The van der Waals surface area contributed by atoms with E-state index in [-0.39, 0.29) is 12.1 Å². The highest BCUT2D eigenvalue weighted by molar-refractivity contribution is 5.68. The zero-order valence-electron chi connectivity index (χ0n) is 12.1. The zero-order chi connectivity index (χ0) is 14.8. The van der Waals surface area contributed by atoms with E-state index >= 15 is 0 Å². The summed E-state index contributed by atoms with van der Waals surface area (Å²) >= 11 is 0. The minimum Gasteiger partial charge on any atom is -0.453 e. The molecule has 3 rings (SSSR count). The molecule has 6 nitrogen and oxygen atoms in total. The van der Waals surface area contributed by atoms with Gasteiger partial charge in [-0.25, -0.2) is 9.78 Å². The van der Waals surface area contributed by atoms with E-state index in [9.17, 15) is 10.1 Å². The van der Waals surface area contributed by atoms with Crippen molar-refractivity contribution in [2.75, 3.05) is 25.5 Å². The Bertz CT molecular complexity index is 608. The maximum Gasteiger partial charge on any atom is 0.409 e. The van der Waals surface area contributed by atoms with E-state index in [1.807, 2.05) is 6.07 Å². The molecule has 1 aliphatic carbocycles. The van der Waals surface area contributed by atoms with Gasteiger partial charge in [0.15, 0.2) is 0 Å². The summed E-state index contributed by atoms with van der Waals surface area (Å²) in [5.41, 5.74) is 2.88. The first-order valence-corrected chi connectivity index (χ1v) is 7.23. The van der Waals surface area contributed by atoms with Crippen molar-refractivity contribution in [3.8, 4) is 6.07 Å². The molecule has 1 aromatic rings. The lowest BCUT2D eigenvalue weighted by atomic mass is 10.1. The molecule has 110 valence electrons. The van der Waals surface area contributed by atoms with Crippen LogP contribution in [0.25, 0.3) is 0 Å². The molecule has 0 bridgehead atoms. The van der Waals surface area contributed by atoms with Gasteiger partial charge in [-0.2, -0.15) is 5.26 Å². The van der Waals surface area contributed by atoms with Crippen LogP contribution in [0.1, 0.15) is 29.7 Å². The maximum atomic E-state index is 11.5. The van der Waals surface area contributed by atoms with Crippen molar-refractivity contribution in [2.45, 2.75) is 31.7 Å². The molecular weight excluding hydrogens is 268 g/mol. The molecule has 1 unspecified atom stereocenters. The summed E-state index contributed by atoms with van der Waals surface area (Å²) < 4.78 is 4.73. The smallest absolute Gasteiger partial charge is 0.409 e. The van der Waals surface area contributed by atoms with Crippen molar-refractivity contribution in [2.24, 2.45) is 0 Å². The minimum absolute atomic E-state index is 0.114. The maximum absolute atomic E-state index is 11.5. The molecule has 0 spiro atoms. The average molecular weight is 286 g/mol. The largest absolute Gasteiger partial charge is 0.453 e. The Balaban J connectivity index is 1.74. The minimum atomic E-state index is -0.304. The molecule has 6 heteroatoms. The summed E-state index contributed by atoms with van der Waals surface area (Å²) in [7, 11) is 1.39. The van der Waals surface area contributed by atoms with Gasteiger partial charge in [-0.1, -0.05) is 0 Å². The van der Waals surface area contributed by atoms with Crippen LogP contribution >= 0.6 is 0 Å². The Morgan fingerprint density at radius 1 is 1.57 bits per heavy atom. The van der Waals surface area contributed by atoms with Crippen molar-refractivity contribution in [3.63, 3.8) is 0 Å². The van der Waals surface area contributed by atoms with Crippen LogP contribution < -0.4 is 5.32 Å². The number of ether oxygens (including phenoxy) is 1. The molecule has 0 saturated carbocycles. The monoisotopic (exact) mass is 286 g/mol. The molecular formula is C15H18N4O2. The van der Waals surface area contributed by atoms with Gasteiger partial charge >= 0.3 is 6.09 Å². The lowest BCUT2D eigenvalue weighted by Crippen LogP contribution is -2.31. The summed E-state index contributed by atoms with van der Waals surface area (Å²) in [5.74, 6) is 0.648. The number of hydrogen-bond acceptors (Lipinski definition) is 5. The SMILES string of the molecule is COC(=O)N1CCC(Nc2nc3c(cc2C#N)CCC3)C1. The molecule has 1 fully saturated rings. The molecule has 1 aromatic heterocycles. The number of pyridine rings is 1. The highest BCUT2D eigenvalue weighted by Crippen LogP contribution is 2.26. The number of fused-ring (bicyclic) bond motifs is 1. The molecule has 2 aliphatic rings. The zero-order valence-corrected chi connectivity index (χ0v) is 12.1. The van der Waals surface area contributed by atoms with Crippen molar-refractivity contribution in [3.05, 3.63) is 22.9 Å². The van der Waals surface area contributed by atoms with Crippen molar-refractivity contribution in [1.82, 2.24) is 9.88 Å². The fourth-order valence-electron chi connectivity index (χ4n) is 3.03. The van der Waals surface area contributed by atoms with Crippen LogP contribution in [-0.2, 0) is 17.6 Å². The average Bonchev–Trinajstić information content (AvgIpc) is 3.14. The van der Waals surface area contributed by atoms with E-state index in [2.05, 4.69) is 16.4 Å². The summed E-state index contributed by atoms with van der Waals surface area (Å²) in [6.45, 7) is 1.24. The number of likely N-dealkylation sites (tertiary alicyclic amines) is 1. The van der Waals surface area contributed by atoms with E-state index in [1.54, 1.807) is 4.90 Å². The first-order chi connectivity index (χ1) is 10.2. The molecule has 1 atom stereocenters. The number of hydrogen-bond donors (Lipinski definition) is 1. The molecule has 21 heavy (non-hydrogen) atoms. The van der Waals surface area contributed by atoms with E-state index in [0.717, 1.165) is 31.4 Å². The van der Waals surface area contributed by atoms with Gasteiger partial charge in [0.1, 0.15) is 11.9 Å². The Labute approximate surface area is 123 Å². The predicted octanol–water partition coefficient (Wildman–Crippen LogP) is 1.69. The standard InChI is InChI=1S/C15H18N4O2/c1-21-15(20)19-6-5-12(9-19)17-14-11(8-16)7-10-3-2-4-13(10)18-14/h7,12H,2-6,9H2,1H3,(H,17,18). The Morgan fingerprint density at radius 3 is 3.19 bits per heavy atom. The van der Waals surface area contributed by atoms with Crippen LogP contribution in [0.15, 0.2) is 6.07 Å². The van der Waals surface area contributed by atoms with Gasteiger partial charge in [0.05, 0.1) is 12.7 Å². The third-order valence-corrected chi connectivity index (χ3v) is 4.13. The third kappa shape index (κ3) is 2.64. The lowest BCUT2D eigenvalue weighted by molar-refractivity contribution is 0.133. The Morgan fingerprint density at radius 2 is 2.43 bits per heavy atom. The number of carbonyl (C=O) groups is 1. The molecule has 2 heterocycles. The lowest BCUT2D eigenvalue weighted by Gasteiger charge is -2.17. The van der Waals surface area contributed by atoms with Crippen molar-refractivity contribution in [1.29, 1.82) is 5.26 Å². The number of aryl methyl sites for hydroxylation is 2. The van der Waals surface area contributed by atoms with E-state index in [4.69, 9.17) is 4.74 Å². The second kappa shape index (κ2) is 5.60. The highest BCUT2D eigenvalue weighted by atomic mass is 16.5. The van der Waals surface area contributed by atoms with Gasteiger partial charge in [0.2, 0.25) is 0 Å². The van der Waals surface area contributed by atoms with Crippen LogP contribution in [0.4, 0.5) is 10.6 Å². The molecule has 0 radical (unpaired) electrons. The second-order valence-electron chi connectivity index (χ2n) is 5.50. The second-order valence-corrected chi connectivity index (χ2v) is 5.50. The molecule has 1 amide bonds. The van der Waals surface area contributed by atoms with Crippen LogP contribution in [0.5, 0.6) is 0 Å². The van der Waals surface area contributed by atoms with E-state index in [1.165, 1.54) is 12.7 Å². The molecule has 1 saturated heterocycles. The number of nitrogens with zero attached hydrogens (tertiary/aromatic N) is 3. The van der Waals surface area contributed by atoms with Gasteiger partial charge in [-0.05, 0) is 37.3 Å². The molecule has 0 aromatic carbocycles. The number of nitriles is 1. The number of carbonyl (C=O) groups excluding carboxylic acids is 1.